The van der Waals surface area contributed by atoms with Crippen LogP contribution in [0.4, 0.5) is 5.69 Å². The Labute approximate surface area is 122 Å². The number of aromatic nitrogens is 2. The third kappa shape index (κ3) is 4.14. The van der Waals surface area contributed by atoms with Crippen molar-refractivity contribution < 1.29 is 13.2 Å². The molecule has 0 aliphatic carbocycles. The Morgan fingerprint density at radius 1 is 1.43 bits per heavy atom. The van der Waals surface area contributed by atoms with Gasteiger partial charge in [-0.3, -0.25) is 9.48 Å². The van der Waals surface area contributed by atoms with Gasteiger partial charge in [-0.2, -0.15) is 5.10 Å². The highest BCUT2D eigenvalue weighted by Crippen LogP contribution is 2.19. The van der Waals surface area contributed by atoms with Crippen LogP contribution in [0.25, 0.3) is 0 Å². The van der Waals surface area contributed by atoms with Crippen LogP contribution in [0.5, 0.6) is 0 Å². The second kappa shape index (κ2) is 6.06. The van der Waals surface area contributed by atoms with E-state index in [2.05, 4.69) is 10.4 Å². The fourth-order valence-corrected chi connectivity index (χ4v) is 2.31. The largest absolute Gasteiger partial charge is 0.326 e. The van der Waals surface area contributed by atoms with Crippen LogP contribution >= 0.6 is 0 Å². The average molecular weight is 308 g/mol. The molecule has 0 aliphatic heterocycles. The molecule has 0 bridgehead atoms. The Kier molecular flexibility index (Phi) is 4.39. The van der Waals surface area contributed by atoms with Crippen molar-refractivity contribution >= 4 is 21.6 Å². The first-order valence-electron chi connectivity index (χ1n) is 6.27. The summed E-state index contributed by atoms with van der Waals surface area (Å²) in [6.45, 7) is 2.22. The number of rotatable bonds is 5. The molecule has 0 atom stereocenters. The predicted molar refractivity (Wildman–Crippen MR) is 78.0 cm³/mol. The standard InChI is InChI=1S/C13H16N4O3S/c1-10-3-4-11(21(14,19)20)9-12(10)16-13(18)5-8-17-7-2-6-15-17/h2-4,6-7,9H,5,8H2,1H3,(H,16,18)(H2,14,19,20). The van der Waals surface area contributed by atoms with E-state index in [9.17, 15) is 13.2 Å². The quantitative estimate of drug-likeness (QED) is 0.854. The van der Waals surface area contributed by atoms with E-state index in [1.807, 2.05) is 0 Å². The number of anilines is 1. The number of benzene rings is 1. The van der Waals surface area contributed by atoms with Gasteiger partial charge in [0.25, 0.3) is 0 Å². The van der Waals surface area contributed by atoms with Crippen molar-refractivity contribution in [1.82, 2.24) is 9.78 Å². The predicted octanol–water partition coefficient (Wildman–Crippen LogP) is 0.868. The topological polar surface area (TPSA) is 107 Å². The normalized spacial score (nSPS) is 11.3. The minimum Gasteiger partial charge on any atom is -0.326 e. The van der Waals surface area contributed by atoms with Crippen LogP contribution in [-0.2, 0) is 21.4 Å². The molecule has 0 fully saturated rings. The van der Waals surface area contributed by atoms with Crippen molar-refractivity contribution in [3.05, 3.63) is 42.2 Å². The van der Waals surface area contributed by atoms with Gasteiger partial charge >= 0.3 is 0 Å². The average Bonchev–Trinajstić information content (AvgIpc) is 2.91. The van der Waals surface area contributed by atoms with E-state index in [0.29, 0.717) is 12.2 Å². The molecule has 0 saturated heterocycles. The van der Waals surface area contributed by atoms with E-state index in [4.69, 9.17) is 5.14 Å². The summed E-state index contributed by atoms with van der Waals surface area (Å²) < 4.78 is 24.3. The summed E-state index contributed by atoms with van der Waals surface area (Å²) >= 11 is 0. The first-order valence-corrected chi connectivity index (χ1v) is 7.81. The van der Waals surface area contributed by atoms with Gasteiger partial charge < -0.3 is 5.32 Å². The third-order valence-electron chi connectivity index (χ3n) is 2.94. The van der Waals surface area contributed by atoms with Crippen molar-refractivity contribution in [1.29, 1.82) is 0 Å². The van der Waals surface area contributed by atoms with E-state index < -0.39 is 10.0 Å². The molecule has 1 aromatic carbocycles. The summed E-state index contributed by atoms with van der Waals surface area (Å²) in [5.74, 6) is -0.222. The maximum atomic E-state index is 11.9. The number of carbonyl (C=O) groups is 1. The van der Waals surface area contributed by atoms with Gasteiger partial charge in [-0.1, -0.05) is 6.07 Å². The van der Waals surface area contributed by atoms with Crippen molar-refractivity contribution in [3.63, 3.8) is 0 Å². The van der Waals surface area contributed by atoms with E-state index in [-0.39, 0.29) is 17.2 Å². The number of carbonyl (C=O) groups excluding carboxylic acids is 1. The molecule has 2 rings (SSSR count). The molecule has 2 aromatic rings. The summed E-state index contributed by atoms with van der Waals surface area (Å²) in [5, 5.41) is 11.8. The Balaban J connectivity index is 2.06. The first-order chi connectivity index (χ1) is 9.86. The van der Waals surface area contributed by atoms with E-state index in [1.165, 1.54) is 12.1 Å². The number of amides is 1. The van der Waals surface area contributed by atoms with Crippen LogP contribution in [0, 0.1) is 6.92 Å². The van der Waals surface area contributed by atoms with Gasteiger partial charge in [0.15, 0.2) is 0 Å². The van der Waals surface area contributed by atoms with Crippen molar-refractivity contribution in [2.45, 2.75) is 24.8 Å². The number of primary sulfonamides is 1. The smallest absolute Gasteiger partial charge is 0.238 e. The number of nitrogens with zero attached hydrogens (tertiary/aromatic N) is 2. The number of nitrogens with one attached hydrogen (secondary N) is 1. The Morgan fingerprint density at radius 3 is 2.81 bits per heavy atom. The molecule has 21 heavy (non-hydrogen) atoms. The molecule has 1 heterocycles. The molecule has 1 amide bonds. The monoisotopic (exact) mass is 308 g/mol. The van der Waals surface area contributed by atoms with Crippen LogP contribution in [0.15, 0.2) is 41.6 Å². The molecule has 0 aliphatic rings. The van der Waals surface area contributed by atoms with Crippen molar-refractivity contribution in [2.75, 3.05) is 5.32 Å². The van der Waals surface area contributed by atoms with Crippen molar-refractivity contribution in [2.24, 2.45) is 5.14 Å². The highest BCUT2D eigenvalue weighted by Gasteiger charge is 2.11. The lowest BCUT2D eigenvalue weighted by atomic mass is 10.2. The molecule has 112 valence electrons. The summed E-state index contributed by atoms with van der Waals surface area (Å²) in [6.07, 6.45) is 3.64. The molecule has 0 radical (unpaired) electrons. The number of hydrogen-bond donors (Lipinski definition) is 2. The highest BCUT2D eigenvalue weighted by molar-refractivity contribution is 7.89. The molecule has 0 spiro atoms. The van der Waals surface area contributed by atoms with Gasteiger partial charge in [-0.05, 0) is 30.7 Å². The van der Waals surface area contributed by atoms with E-state index in [1.54, 1.807) is 36.1 Å². The van der Waals surface area contributed by atoms with E-state index >= 15 is 0 Å². The zero-order valence-corrected chi connectivity index (χ0v) is 12.3. The number of hydrogen-bond acceptors (Lipinski definition) is 4. The van der Waals surface area contributed by atoms with Gasteiger partial charge in [-0.15, -0.1) is 0 Å². The lowest BCUT2D eigenvalue weighted by molar-refractivity contribution is -0.116. The lowest BCUT2D eigenvalue weighted by Gasteiger charge is -2.10. The fourth-order valence-electron chi connectivity index (χ4n) is 1.77. The molecule has 7 nitrogen and oxygen atoms in total. The summed E-state index contributed by atoms with van der Waals surface area (Å²) in [4.78, 5) is 11.9. The maximum Gasteiger partial charge on any atom is 0.238 e. The van der Waals surface area contributed by atoms with Gasteiger partial charge in [0.1, 0.15) is 0 Å². The third-order valence-corrected chi connectivity index (χ3v) is 3.85. The minimum atomic E-state index is -3.79. The molecule has 3 N–H and O–H groups in total. The molecule has 0 saturated carbocycles. The van der Waals surface area contributed by atoms with Gasteiger partial charge in [0.05, 0.1) is 4.90 Å². The first kappa shape index (κ1) is 15.2. The lowest BCUT2D eigenvalue weighted by Crippen LogP contribution is -2.17. The fraction of sp³-hybridized carbons (Fsp3) is 0.231. The van der Waals surface area contributed by atoms with Crippen LogP contribution in [0.1, 0.15) is 12.0 Å². The summed E-state index contributed by atoms with van der Waals surface area (Å²) in [7, 11) is -3.79. The SMILES string of the molecule is Cc1ccc(S(N)(=O)=O)cc1NC(=O)CCn1cccn1. The van der Waals surface area contributed by atoms with E-state index in [0.717, 1.165) is 5.56 Å². The van der Waals surface area contributed by atoms with Crippen LogP contribution < -0.4 is 10.5 Å². The Hall–Kier alpha value is -2.19. The number of sulfonamides is 1. The van der Waals surface area contributed by atoms with Gasteiger partial charge in [-0.25, -0.2) is 13.6 Å². The minimum absolute atomic E-state index is 0.0320. The Morgan fingerprint density at radius 2 is 2.19 bits per heavy atom. The second-order valence-corrected chi connectivity index (χ2v) is 6.15. The summed E-state index contributed by atoms with van der Waals surface area (Å²) in [5.41, 5.74) is 1.20. The van der Waals surface area contributed by atoms with Crippen molar-refractivity contribution in [3.8, 4) is 0 Å². The number of aryl methyl sites for hydroxylation is 2. The zero-order chi connectivity index (χ0) is 15.5. The maximum absolute atomic E-state index is 11.9. The zero-order valence-electron chi connectivity index (χ0n) is 11.5. The van der Waals surface area contributed by atoms with Gasteiger partial charge in [0.2, 0.25) is 15.9 Å². The highest BCUT2D eigenvalue weighted by atomic mass is 32.2. The Bertz CT molecular complexity index is 739. The molecule has 1 aromatic heterocycles. The second-order valence-electron chi connectivity index (χ2n) is 4.59. The summed E-state index contributed by atoms with van der Waals surface area (Å²) in [6, 6.07) is 6.14. The van der Waals surface area contributed by atoms with Crippen LogP contribution in [0.3, 0.4) is 0 Å². The molecular weight excluding hydrogens is 292 g/mol. The molecular formula is C13H16N4O3S. The number of nitrogens with two attached hydrogens (primary N) is 1. The molecule has 0 unspecified atom stereocenters. The van der Waals surface area contributed by atoms with Crippen LogP contribution in [-0.4, -0.2) is 24.1 Å². The van der Waals surface area contributed by atoms with Gasteiger partial charge in [0, 0.05) is 31.0 Å². The molecule has 8 heteroatoms. The van der Waals surface area contributed by atoms with Crippen LogP contribution in [0.2, 0.25) is 0 Å².